The summed E-state index contributed by atoms with van der Waals surface area (Å²) in [6.07, 6.45) is 0. The molecular formula is C24H25ClN2O4S. The first-order chi connectivity index (χ1) is 15.3. The first-order valence-electron chi connectivity index (χ1n) is 10.0. The number of amides is 1. The fourth-order valence-electron chi connectivity index (χ4n) is 3.08. The van der Waals surface area contributed by atoms with Crippen molar-refractivity contribution >= 4 is 27.5 Å². The van der Waals surface area contributed by atoms with E-state index in [1.165, 1.54) is 16.4 Å². The van der Waals surface area contributed by atoms with Crippen LogP contribution in [0.15, 0.2) is 83.8 Å². The Kier molecular flexibility index (Phi) is 7.90. The molecule has 0 aliphatic heterocycles. The normalized spacial score (nSPS) is 12.4. The highest BCUT2D eigenvalue weighted by atomic mass is 35.5. The van der Waals surface area contributed by atoms with Gasteiger partial charge in [0, 0.05) is 18.6 Å². The van der Waals surface area contributed by atoms with Crippen LogP contribution in [-0.4, -0.2) is 32.3 Å². The summed E-state index contributed by atoms with van der Waals surface area (Å²) < 4.78 is 32.4. The maximum Gasteiger partial charge on any atom is 0.258 e. The molecule has 1 N–H and O–H groups in total. The van der Waals surface area contributed by atoms with Crippen molar-refractivity contribution in [2.75, 3.05) is 13.7 Å². The van der Waals surface area contributed by atoms with Crippen LogP contribution in [0.3, 0.4) is 0 Å². The van der Waals surface area contributed by atoms with Crippen molar-refractivity contribution in [3.8, 4) is 5.75 Å². The van der Waals surface area contributed by atoms with E-state index >= 15 is 0 Å². The van der Waals surface area contributed by atoms with Crippen molar-refractivity contribution < 1.29 is 17.9 Å². The van der Waals surface area contributed by atoms with Crippen LogP contribution in [0, 0.1) is 0 Å². The van der Waals surface area contributed by atoms with E-state index in [4.69, 9.17) is 16.3 Å². The molecule has 1 atom stereocenters. The second-order valence-corrected chi connectivity index (χ2v) is 9.83. The predicted molar refractivity (Wildman–Crippen MR) is 125 cm³/mol. The van der Waals surface area contributed by atoms with Crippen LogP contribution in [0.25, 0.3) is 0 Å². The molecule has 3 aromatic carbocycles. The first-order valence-corrected chi connectivity index (χ1v) is 11.9. The number of rotatable bonds is 9. The van der Waals surface area contributed by atoms with E-state index in [0.29, 0.717) is 10.8 Å². The summed E-state index contributed by atoms with van der Waals surface area (Å²) in [6, 6.07) is 22.4. The van der Waals surface area contributed by atoms with Gasteiger partial charge in [0.25, 0.3) is 5.91 Å². The summed E-state index contributed by atoms with van der Waals surface area (Å²) in [5, 5.41) is 3.48. The quantitative estimate of drug-likeness (QED) is 0.500. The lowest BCUT2D eigenvalue weighted by Gasteiger charge is -2.18. The van der Waals surface area contributed by atoms with Crippen molar-refractivity contribution in [1.82, 2.24) is 9.62 Å². The Morgan fingerprint density at radius 1 is 1.00 bits per heavy atom. The molecule has 0 saturated carbocycles. The standard InChI is InChI=1S/C24H25ClN2O4S/c1-18(20-8-10-21(25)11-9-20)26-24(28)17-31-22-12-14-23(15-13-22)32(29,30)27(2)16-19-6-4-3-5-7-19/h3-15,18H,16-17H2,1-2H3,(H,26,28). The maximum atomic E-state index is 12.8. The SMILES string of the molecule is CC(NC(=O)COc1ccc(S(=O)(=O)N(C)Cc2ccccc2)cc1)c1ccc(Cl)cc1. The molecule has 3 rings (SSSR count). The number of nitrogens with one attached hydrogen (secondary N) is 1. The monoisotopic (exact) mass is 472 g/mol. The second-order valence-electron chi connectivity index (χ2n) is 7.35. The van der Waals surface area contributed by atoms with Gasteiger partial charge in [0.05, 0.1) is 10.9 Å². The van der Waals surface area contributed by atoms with Crippen LogP contribution >= 0.6 is 11.6 Å². The van der Waals surface area contributed by atoms with Crippen molar-refractivity contribution in [2.24, 2.45) is 0 Å². The maximum absolute atomic E-state index is 12.8. The van der Waals surface area contributed by atoms with Crippen molar-refractivity contribution in [2.45, 2.75) is 24.4 Å². The Morgan fingerprint density at radius 3 is 2.25 bits per heavy atom. The number of carbonyl (C=O) groups excluding carboxylic acids is 1. The fourth-order valence-corrected chi connectivity index (χ4v) is 4.37. The van der Waals surface area contributed by atoms with Gasteiger partial charge in [0.2, 0.25) is 10.0 Å². The van der Waals surface area contributed by atoms with Gasteiger partial charge in [-0.05, 0) is 54.4 Å². The molecule has 0 spiro atoms. The molecule has 0 aromatic heterocycles. The number of benzene rings is 3. The third kappa shape index (κ3) is 6.32. The van der Waals surface area contributed by atoms with E-state index < -0.39 is 10.0 Å². The fraction of sp³-hybridized carbons (Fsp3) is 0.208. The summed E-state index contributed by atoms with van der Waals surface area (Å²) in [5.74, 6) is 0.121. The minimum atomic E-state index is -3.65. The molecule has 3 aromatic rings. The van der Waals surface area contributed by atoms with Crippen molar-refractivity contribution in [1.29, 1.82) is 0 Å². The van der Waals surface area contributed by atoms with E-state index in [-0.39, 0.29) is 30.0 Å². The van der Waals surface area contributed by atoms with Gasteiger partial charge in [0.1, 0.15) is 5.75 Å². The first kappa shape index (κ1) is 23.8. The molecule has 0 aliphatic carbocycles. The molecule has 0 radical (unpaired) electrons. The Morgan fingerprint density at radius 2 is 1.62 bits per heavy atom. The Bertz CT molecular complexity index is 1130. The molecule has 8 heteroatoms. The van der Waals surface area contributed by atoms with Gasteiger partial charge in [-0.15, -0.1) is 0 Å². The lowest BCUT2D eigenvalue weighted by atomic mass is 10.1. The minimum absolute atomic E-state index is 0.157. The van der Waals surface area contributed by atoms with Gasteiger partial charge < -0.3 is 10.1 Å². The highest BCUT2D eigenvalue weighted by Gasteiger charge is 2.21. The number of halogens is 1. The Labute approximate surface area is 193 Å². The zero-order valence-electron chi connectivity index (χ0n) is 17.9. The van der Waals surface area contributed by atoms with E-state index in [1.807, 2.05) is 49.4 Å². The van der Waals surface area contributed by atoms with Gasteiger partial charge in [-0.25, -0.2) is 8.42 Å². The van der Waals surface area contributed by atoms with Gasteiger partial charge in [-0.1, -0.05) is 54.1 Å². The van der Waals surface area contributed by atoms with Gasteiger partial charge in [0.15, 0.2) is 6.61 Å². The van der Waals surface area contributed by atoms with Gasteiger partial charge >= 0.3 is 0 Å². The molecule has 32 heavy (non-hydrogen) atoms. The van der Waals surface area contributed by atoms with Crippen molar-refractivity contribution in [3.63, 3.8) is 0 Å². The lowest BCUT2D eigenvalue weighted by molar-refractivity contribution is -0.123. The molecule has 0 fully saturated rings. The smallest absolute Gasteiger partial charge is 0.258 e. The van der Waals surface area contributed by atoms with Crippen LogP contribution in [0.5, 0.6) is 5.75 Å². The molecule has 168 valence electrons. The molecule has 0 bridgehead atoms. The van der Waals surface area contributed by atoms with E-state index in [2.05, 4.69) is 5.32 Å². The summed E-state index contributed by atoms with van der Waals surface area (Å²) in [5.41, 5.74) is 1.83. The zero-order chi connectivity index (χ0) is 23.1. The molecule has 6 nitrogen and oxygen atoms in total. The predicted octanol–water partition coefficient (Wildman–Crippen LogP) is 4.42. The Balaban J connectivity index is 1.54. The van der Waals surface area contributed by atoms with Gasteiger partial charge in [-0.2, -0.15) is 4.31 Å². The van der Waals surface area contributed by atoms with Crippen LogP contribution in [0.1, 0.15) is 24.1 Å². The van der Waals surface area contributed by atoms with Crippen LogP contribution in [-0.2, 0) is 21.4 Å². The second kappa shape index (κ2) is 10.6. The van der Waals surface area contributed by atoms with Crippen LogP contribution in [0.2, 0.25) is 5.02 Å². The van der Waals surface area contributed by atoms with E-state index in [0.717, 1.165) is 11.1 Å². The number of ether oxygens (including phenoxy) is 1. The highest BCUT2D eigenvalue weighted by Crippen LogP contribution is 2.20. The molecule has 0 heterocycles. The number of hydrogen-bond acceptors (Lipinski definition) is 4. The third-order valence-electron chi connectivity index (χ3n) is 4.90. The lowest BCUT2D eigenvalue weighted by Crippen LogP contribution is -2.31. The highest BCUT2D eigenvalue weighted by molar-refractivity contribution is 7.89. The zero-order valence-corrected chi connectivity index (χ0v) is 19.4. The topological polar surface area (TPSA) is 75.7 Å². The molecule has 1 amide bonds. The number of nitrogens with zero attached hydrogens (tertiary/aromatic N) is 1. The molecule has 0 saturated heterocycles. The minimum Gasteiger partial charge on any atom is -0.484 e. The molecule has 1 unspecified atom stereocenters. The van der Waals surface area contributed by atoms with Crippen LogP contribution in [0.4, 0.5) is 0 Å². The number of sulfonamides is 1. The summed E-state index contributed by atoms with van der Waals surface area (Å²) in [6.45, 7) is 1.96. The van der Waals surface area contributed by atoms with E-state index in [1.54, 1.807) is 31.3 Å². The molecular weight excluding hydrogens is 448 g/mol. The third-order valence-corrected chi connectivity index (χ3v) is 6.97. The summed E-state index contributed by atoms with van der Waals surface area (Å²) in [4.78, 5) is 12.3. The number of hydrogen-bond donors (Lipinski definition) is 1. The van der Waals surface area contributed by atoms with Crippen LogP contribution < -0.4 is 10.1 Å². The Hall–Kier alpha value is -2.87. The largest absolute Gasteiger partial charge is 0.484 e. The van der Waals surface area contributed by atoms with Gasteiger partial charge in [-0.3, -0.25) is 4.79 Å². The average molecular weight is 473 g/mol. The summed E-state index contributed by atoms with van der Waals surface area (Å²) >= 11 is 5.88. The number of carbonyl (C=O) groups is 1. The van der Waals surface area contributed by atoms with Crippen molar-refractivity contribution in [3.05, 3.63) is 95.0 Å². The average Bonchev–Trinajstić information content (AvgIpc) is 2.79. The summed E-state index contributed by atoms with van der Waals surface area (Å²) in [7, 11) is -2.11. The van der Waals surface area contributed by atoms with E-state index in [9.17, 15) is 13.2 Å². The molecule has 0 aliphatic rings.